The fourth-order valence-electron chi connectivity index (χ4n) is 1.27. The lowest BCUT2D eigenvalue weighted by Gasteiger charge is -2.20. The van der Waals surface area contributed by atoms with Crippen molar-refractivity contribution in [2.75, 3.05) is 20.2 Å². The Bertz CT molecular complexity index is 220. The van der Waals surface area contributed by atoms with Crippen LogP contribution >= 0.6 is 0 Å². The van der Waals surface area contributed by atoms with Crippen molar-refractivity contribution < 1.29 is 9.53 Å². The van der Waals surface area contributed by atoms with Crippen molar-refractivity contribution in [3.05, 3.63) is 0 Å². The summed E-state index contributed by atoms with van der Waals surface area (Å²) in [4.78, 5) is 13.4. The van der Waals surface area contributed by atoms with E-state index >= 15 is 0 Å². The first-order valence-corrected chi connectivity index (χ1v) is 5.39. The largest absolute Gasteiger partial charge is 0.382 e. The normalized spacial score (nSPS) is 11.9. The predicted molar refractivity (Wildman–Crippen MR) is 61.4 cm³/mol. The van der Waals surface area contributed by atoms with Crippen molar-refractivity contribution in [1.82, 2.24) is 4.90 Å². The van der Waals surface area contributed by atoms with Gasteiger partial charge in [0.1, 0.15) is 0 Å². The Morgan fingerprint density at radius 1 is 1.60 bits per heavy atom. The Labute approximate surface area is 92.8 Å². The van der Waals surface area contributed by atoms with Crippen LogP contribution in [0.4, 0.5) is 0 Å². The third-order valence-corrected chi connectivity index (χ3v) is 2.30. The molecule has 1 amide bonds. The van der Waals surface area contributed by atoms with E-state index in [1.807, 2.05) is 13.8 Å². The van der Waals surface area contributed by atoms with Gasteiger partial charge in [-0.2, -0.15) is 0 Å². The predicted octanol–water partition coefficient (Wildman–Crippen LogP) is 1.67. The van der Waals surface area contributed by atoms with Gasteiger partial charge in [0, 0.05) is 20.1 Å². The summed E-state index contributed by atoms with van der Waals surface area (Å²) in [6.07, 6.45) is 7.54. The van der Waals surface area contributed by atoms with E-state index in [0.29, 0.717) is 13.0 Å². The zero-order valence-corrected chi connectivity index (χ0v) is 9.95. The molecular weight excluding hydrogens is 190 g/mol. The number of amides is 1. The number of carbonyl (C=O) groups is 1. The number of carbonyl (C=O) groups excluding carboxylic acids is 1. The van der Waals surface area contributed by atoms with Crippen LogP contribution < -0.4 is 0 Å². The van der Waals surface area contributed by atoms with Crippen LogP contribution in [0.3, 0.4) is 0 Å². The third kappa shape index (κ3) is 6.14. The summed E-state index contributed by atoms with van der Waals surface area (Å²) in [5.41, 5.74) is 0. The highest BCUT2D eigenvalue weighted by Gasteiger charge is 2.12. The summed E-state index contributed by atoms with van der Waals surface area (Å²) in [5, 5.41) is 0. The van der Waals surface area contributed by atoms with Crippen LogP contribution in [0.15, 0.2) is 0 Å². The van der Waals surface area contributed by atoms with Gasteiger partial charge in [-0.25, -0.2) is 0 Å². The maximum Gasteiger partial charge on any atom is 0.223 e. The highest BCUT2D eigenvalue weighted by molar-refractivity contribution is 5.76. The molecule has 0 radical (unpaired) electrons. The van der Waals surface area contributed by atoms with Gasteiger partial charge in [-0.1, -0.05) is 12.8 Å². The van der Waals surface area contributed by atoms with Gasteiger partial charge in [-0.3, -0.25) is 4.79 Å². The molecule has 0 spiro atoms. The molecule has 0 N–H and O–H groups in total. The molecule has 86 valence electrons. The van der Waals surface area contributed by atoms with E-state index in [4.69, 9.17) is 11.2 Å². The van der Waals surface area contributed by atoms with Gasteiger partial charge in [0.2, 0.25) is 5.91 Å². The second kappa shape index (κ2) is 8.31. The lowest BCUT2D eigenvalue weighted by molar-refractivity contribution is -0.131. The van der Waals surface area contributed by atoms with Crippen molar-refractivity contribution in [2.45, 2.75) is 39.2 Å². The Hall–Kier alpha value is -1.01. The Kier molecular flexibility index (Phi) is 7.75. The minimum absolute atomic E-state index is 0.124. The standard InChI is InChI=1S/C12H21NO2/c1-5-9-13(10-6-2)12(14)8-7-11(3)15-4/h1,11H,6-10H2,2-4H3. The Morgan fingerprint density at radius 3 is 2.73 bits per heavy atom. The van der Waals surface area contributed by atoms with Gasteiger partial charge in [-0.15, -0.1) is 6.42 Å². The fourth-order valence-corrected chi connectivity index (χ4v) is 1.27. The Balaban J connectivity index is 3.97. The minimum Gasteiger partial charge on any atom is -0.382 e. The first-order chi connectivity index (χ1) is 7.15. The number of ether oxygens (including phenoxy) is 1. The van der Waals surface area contributed by atoms with Crippen molar-refractivity contribution in [3.63, 3.8) is 0 Å². The third-order valence-electron chi connectivity index (χ3n) is 2.30. The van der Waals surface area contributed by atoms with E-state index in [9.17, 15) is 4.79 Å². The summed E-state index contributed by atoms with van der Waals surface area (Å²) < 4.78 is 5.09. The average molecular weight is 211 g/mol. The molecule has 1 unspecified atom stereocenters. The molecule has 0 bridgehead atoms. The van der Waals surface area contributed by atoms with Crippen LogP contribution in [-0.4, -0.2) is 37.1 Å². The van der Waals surface area contributed by atoms with Crippen molar-refractivity contribution in [2.24, 2.45) is 0 Å². The summed E-state index contributed by atoms with van der Waals surface area (Å²) >= 11 is 0. The van der Waals surface area contributed by atoms with E-state index in [1.54, 1.807) is 12.0 Å². The highest BCUT2D eigenvalue weighted by atomic mass is 16.5. The minimum atomic E-state index is 0.124. The number of terminal acetylenes is 1. The zero-order valence-electron chi connectivity index (χ0n) is 9.95. The van der Waals surface area contributed by atoms with Gasteiger partial charge in [0.25, 0.3) is 0 Å². The van der Waals surface area contributed by atoms with Crippen molar-refractivity contribution >= 4 is 5.91 Å². The van der Waals surface area contributed by atoms with E-state index in [0.717, 1.165) is 19.4 Å². The molecule has 0 aliphatic rings. The van der Waals surface area contributed by atoms with Gasteiger partial charge in [0.05, 0.1) is 12.6 Å². The fraction of sp³-hybridized carbons (Fsp3) is 0.750. The van der Waals surface area contributed by atoms with Gasteiger partial charge >= 0.3 is 0 Å². The molecule has 0 saturated carbocycles. The van der Waals surface area contributed by atoms with Crippen LogP contribution in [0.1, 0.15) is 33.1 Å². The SMILES string of the molecule is C#CCN(CCC)C(=O)CCC(C)OC. The van der Waals surface area contributed by atoms with Gasteiger partial charge in [0.15, 0.2) is 0 Å². The van der Waals surface area contributed by atoms with Crippen LogP contribution in [0, 0.1) is 12.3 Å². The van der Waals surface area contributed by atoms with Crippen LogP contribution in [0.25, 0.3) is 0 Å². The number of hydrogen-bond acceptors (Lipinski definition) is 2. The molecule has 0 aromatic rings. The molecule has 0 rings (SSSR count). The van der Waals surface area contributed by atoms with Gasteiger partial charge < -0.3 is 9.64 Å². The molecule has 15 heavy (non-hydrogen) atoms. The van der Waals surface area contributed by atoms with E-state index in [-0.39, 0.29) is 12.0 Å². The zero-order chi connectivity index (χ0) is 11.7. The first kappa shape index (κ1) is 14.0. The first-order valence-electron chi connectivity index (χ1n) is 5.39. The highest BCUT2D eigenvalue weighted by Crippen LogP contribution is 2.04. The smallest absolute Gasteiger partial charge is 0.223 e. The molecule has 0 aliphatic heterocycles. The molecule has 0 heterocycles. The molecule has 0 fully saturated rings. The molecular formula is C12H21NO2. The molecule has 3 nitrogen and oxygen atoms in total. The van der Waals surface area contributed by atoms with E-state index in [1.165, 1.54) is 0 Å². The lowest BCUT2D eigenvalue weighted by atomic mass is 10.2. The van der Waals surface area contributed by atoms with E-state index < -0.39 is 0 Å². The maximum absolute atomic E-state index is 11.7. The topological polar surface area (TPSA) is 29.5 Å². The summed E-state index contributed by atoms with van der Waals surface area (Å²) in [5.74, 6) is 2.63. The molecule has 1 atom stereocenters. The summed E-state index contributed by atoms with van der Waals surface area (Å²) in [7, 11) is 1.65. The summed E-state index contributed by atoms with van der Waals surface area (Å²) in [6.45, 7) is 5.14. The van der Waals surface area contributed by atoms with Crippen LogP contribution in [-0.2, 0) is 9.53 Å². The molecule has 3 heteroatoms. The van der Waals surface area contributed by atoms with E-state index in [2.05, 4.69) is 5.92 Å². The van der Waals surface area contributed by atoms with Crippen LogP contribution in [0.5, 0.6) is 0 Å². The molecule has 0 saturated heterocycles. The molecule has 0 aromatic carbocycles. The number of methoxy groups -OCH3 is 1. The Morgan fingerprint density at radius 2 is 2.27 bits per heavy atom. The summed E-state index contributed by atoms with van der Waals surface area (Å²) in [6, 6.07) is 0. The second-order valence-electron chi connectivity index (χ2n) is 3.60. The second-order valence-corrected chi connectivity index (χ2v) is 3.60. The quantitative estimate of drug-likeness (QED) is 0.600. The molecule has 0 aromatic heterocycles. The number of rotatable bonds is 7. The number of hydrogen-bond donors (Lipinski definition) is 0. The number of nitrogens with zero attached hydrogens (tertiary/aromatic N) is 1. The van der Waals surface area contributed by atoms with Crippen molar-refractivity contribution in [1.29, 1.82) is 0 Å². The van der Waals surface area contributed by atoms with Crippen molar-refractivity contribution in [3.8, 4) is 12.3 Å². The van der Waals surface area contributed by atoms with Gasteiger partial charge in [-0.05, 0) is 19.8 Å². The molecule has 0 aliphatic carbocycles. The maximum atomic E-state index is 11.7. The van der Waals surface area contributed by atoms with Crippen LogP contribution in [0.2, 0.25) is 0 Å². The lowest BCUT2D eigenvalue weighted by Crippen LogP contribution is -2.32. The average Bonchev–Trinajstić information content (AvgIpc) is 2.25. The monoisotopic (exact) mass is 211 g/mol.